The molecule has 10 heteroatoms. The Kier molecular flexibility index (Phi) is 5.59. The molecule has 1 fully saturated rings. The van der Waals surface area contributed by atoms with Crippen LogP contribution in [-0.4, -0.2) is 51.5 Å². The Morgan fingerprint density at radius 2 is 1.72 bits per heavy atom. The highest BCUT2D eigenvalue weighted by Gasteiger charge is 2.25. The van der Waals surface area contributed by atoms with Crippen molar-refractivity contribution in [3.63, 3.8) is 0 Å². The molecule has 7 nitrogen and oxygen atoms in total. The third-order valence-corrected chi connectivity index (χ3v) is 6.40. The molecule has 4 aromatic rings. The van der Waals surface area contributed by atoms with Gasteiger partial charge in [0.2, 0.25) is 0 Å². The maximum Gasteiger partial charge on any atom is 0.321 e. The Labute approximate surface area is 192 Å². The van der Waals surface area contributed by atoms with Crippen molar-refractivity contribution in [2.45, 2.75) is 0 Å². The minimum atomic E-state index is -0.290. The Hall–Kier alpha value is -3.30. The lowest BCUT2D eigenvalue weighted by molar-refractivity contribution is 0.208. The summed E-state index contributed by atoms with van der Waals surface area (Å²) < 4.78 is 18.7. The summed E-state index contributed by atoms with van der Waals surface area (Å²) in [6.07, 6.45) is 1.53. The van der Waals surface area contributed by atoms with E-state index in [-0.39, 0.29) is 11.8 Å². The fourth-order valence-corrected chi connectivity index (χ4v) is 4.63. The predicted molar refractivity (Wildman–Crippen MR) is 125 cm³/mol. The van der Waals surface area contributed by atoms with Crippen LogP contribution in [0.4, 0.5) is 20.7 Å². The van der Waals surface area contributed by atoms with Crippen LogP contribution in [0.25, 0.3) is 21.5 Å². The van der Waals surface area contributed by atoms with Gasteiger partial charge in [-0.1, -0.05) is 11.6 Å². The van der Waals surface area contributed by atoms with Gasteiger partial charge in [0, 0.05) is 42.5 Å². The van der Waals surface area contributed by atoms with E-state index < -0.39 is 0 Å². The number of fused-ring (bicyclic) bond motifs is 1. The normalized spacial score (nSPS) is 14.1. The zero-order valence-electron chi connectivity index (χ0n) is 16.8. The van der Waals surface area contributed by atoms with Crippen molar-refractivity contribution in [3.8, 4) is 11.3 Å². The monoisotopic (exact) mass is 468 g/mol. The van der Waals surface area contributed by atoms with E-state index in [1.807, 2.05) is 0 Å². The number of carbonyl (C=O) groups is 1. The van der Waals surface area contributed by atoms with E-state index in [1.54, 1.807) is 41.3 Å². The molecule has 32 heavy (non-hydrogen) atoms. The van der Waals surface area contributed by atoms with Crippen LogP contribution in [0.5, 0.6) is 0 Å². The third kappa shape index (κ3) is 4.09. The number of rotatable bonds is 3. The molecule has 1 N–H and O–H groups in total. The summed E-state index contributed by atoms with van der Waals surface area (Å²) in [6.45, 7) is 2.41. The zero-order valence-corrected chi connectivity index (χ0v) is 18.4. The average Bonchev–Trinajstić information content (AvgIpc) is 3.25. The Morgan fingerprint density at radius 1 is 1.00 bits per heavy atom. The van der Waals surface area contributed by atoms with Crippen molar-refractivity contribution in [3.05, 3.63) is 65.7 Å². The van der Waals surface area contributed by atoms with Gasteiger partial charge in [0.05, 0.1) is 0 Å². The smallest absolute Gasteiger partial charge is 0.321 e. The molecule has 0 bridgehead atoms. The van der Waals surface area contributed by atoms with Crippen molar-refractivity contribution >= 4 is 50.9 Å². The number of hydrogen-bond acceptors (Lipinski definition) is 6. The molecule has 0 radical (unpaired) electrons. The van der Waals surface area contributed by atoms with Gasteiger partial charge >= 0.3 is 6.03 Å². The van der Waals surface area contributed by atoms with Crippen LogP contribution in [0.15, 0.2) is 54.9 Å². The average molecular weight is 469 g/mol. The molecule has 0 atom stereocenters. The van der Waals surface area contributed by atoms with Crippen LogP contribution in [0.2, 0.25) is 5.02 Å². The van der Waals surface area contributed by atoms with E-state index >= 15 is 0 Å². The van der Waals surface area contributed by atoms with Crippen molar-refractivity contribution < 1.29 is 9.18 Å². The number of nitrogens with one attached hydrogen (secondary N) is 1. The van der Waals surface area contributed by atoms with Crippen LogP contribution < -0.4 is 10.2 Å². The van der Waals surface area contributed by atoms with Crippen molar-refractivity contribution in [1.82, 2.24) is 19.2 Å². The van der Waals surface area contributed by atoms with E-state index in [9.17, 15) is 9.18 Å². The number of amides is 2. The highest BCUT2D eigenvalue weighted by molar-refractivity contribution is 7.14. The molecular weight excluding hydrogens is 451 g/mol. The molecule has 162 valence electrons. The minimum absolute atomic E-state index is 0.142. The fourth-order valence-electron chi connectivity index (χ4n) is 3.63. The topological polar surface area (TPSA) is 74.2 Å². The standard InChI is InChI=1S/C22H18ClFN6OS/c23-15-3-7-17(8-4-15)27-22(31)30-11-9-29(10-12-30)21-20-19(25-13-26-21)18(28-32-20)14-1-5-16(24)6-2-14/h1-8,13H,9-12H2,(H,27,31). The van der Waals surface area contributed by atoms with Crippen LogP contribution in [0.1, 0.15) is 0 Å². The fraction of sp³-hybridized carbons (Fsp3) is 0.182. The first kappa shape index (κ1) is 20.6. The lowest BCUT2D eigenvalue weighted by atomic mass is 10.1. The summed E-state index contributed by atoms with van der Waals surface area (Å²) in [4.78, 5) is 25.4. The Morgan fingerprint density at radius 3 is 2.44 bits per heavy atom. The zero-order chi connectivity index (χ0) is 22.1. The number of urea groups is 1. The number of anilines is 2. The highest BCUT2D eigenvalue weighted by atomic mass is 35.5. The molecule has 2 aromatic carbocycles. The molecule has 0 saturated carbocycles. The highest BCUT2D eigenvalue weighted by Crippen LogP contribution is 2.34. The van der Waals surface area contributed by atoms with Gasteiger partial charge in [0.1, 0.15) is 28.1 Å². The Balaban J connectivity index is 1.30. The van der Waals surface area contributed by atoms with Gasteiger partial charge in [0.25, 0.3) is 0 Å². The molecule has 0 aliphatic carbocycles. The summed E-state index contributed by atoms with van der Waals surface area (Å²) in [6, 6.07) is 13.1. The summed E-state index contributed by atoms with van der Waals surface area (Å²) in [5, 5.41) is 3.52. The molecular formula is C22H18ClFN6OS. The number of aromatic nitrogens is 3. The lowest BCUT2D eigenvalue weighted by Crippen LogP contribution is -2.50. The lowest BCUT2D eigenvalue weighted by Gasteiger charge is -2.35. The quantitative estimate of drug-likeness (QED) is 0.463. The summed E-state index contributed by atoms with van der Waals surface area (Å²) in [5.41, 5.74) is 2.98. The van der Waals surface area contributed by atoms with Crippen LogP contribution in [-0.2, 0) is 0 Å². The van der Waals surface area contributed by atoms with Crippen LogP contribution in [0.3, 0.4) is 0 Å². The number of halogens is 2. The van der Waals surface area contributed by atoms with Crippen LogP contribution in [0, 0.1) is 5.82 Å². The molecule has 1 aliphatic rings. The van der Waals surface area contributed by atoms with Crippen molar-refractivity contribution in [1.29, 1.82) is 0 Å². The number of benzene rings is 2. The number of hydrogen-bond donors (Lipinski definition) is 1. The molecule has 0 unspecified atom stereocenters. The molecule has 2 aromatic heterocycles. The second kappa shape index (κ2) is 8.68. The summed E-state index contributed by atoms with van der Waals surface area (Å²) in [5.74, 6) is 0.514. The summed E-state index contributed by atoms with van der Waals surface area (Å²) in [7, 11) is 0. The van der Waals surface area contributed by atoms with Gasteiger partial charge in [-0.2, -0.15) is 4.37 Å². The largest absolute Gasteiger partial charge is 0.352 e. The first-order valence-electron chi connectivity index (χ1n) is 10.0. The van der Waals surface area contributed by atoms with Gasteiger partial charge in [0.15, 0.2) is 5.82 Å². The SMILES string of the molecule is O=C(Nc1ccc(Cl)cc1)N1CCN(c2ncnc3c(-c4ccc(F)cc4)nsc23)CC1. The molecule has 0 spiro atoms. The van der Waals surface area contributed by atoms with E-state index in [4.69, 9.17) is 11.6 Å². The first-order chi connectivity index (χ1) is 15.6. The van der Waals surface area contributed by atoms with E-state index in [1.165, 1.54) is 30.0 Å². The number of nitrogens with zero attached hydrogens (tertiary/aromatic N) is 5. The Bertz CT molecular complexity index is 1260. The summed E-state index contributed by atoms with van der Waals surface area (Å²) >= 11 is 7.23. The maximum atomic E-state index is 13.3. The van der Waals surface area contributed by atoms with Crippen molar-refractivity contribution in [2.75, 3.05) is 36.4 Å². The molecule has 1 aliphatic heterocycles. The van der Waals surface area contributed by atoms with Gasteiger partial charge < -0.3 is 15.1 Å². The molecule has 3 heterocycles. The molecule has 5 rings (SSSR count). The van der Waals surface area contributed by atoms with Gasteiger partial charge in [-0.3, -0.25) is 0 Å². The van der Waals surface area contributed by atoms with Gasteiger partial charge in [-0.25, -0.2) is 19.2 Å². The maximum absolute atomic E-state index is 13.3. The van der Waals surface area contributed by atoms with Crippen molar-refractivity contribution in [2.24, 2.45) is 0 Å². The van der Waals surface area contributed by atoms with Gasteiger partial charge in [-0.05, 0) is 60.1 Å². The van der Waals surface area contributed by atoms with Gasteiger partial charge in [-0.15, -0.1) is 0 Å². The first-order valence-corrected chi connectivity index (χ1v) is 11.2. The second-order valence-corrected chi connectivity index (χ2v) is 8.53. The molecule has 2 amide bonds. The van der Waals surface area contributed by atoms with Crippen LogP contribution >= 0.6 is 23.1 Å². The van der Waals surface area contributed by atoms with E-state index in [2.05, 4.69) is 24.6 Å². The number of piperazine rings is 1. The second-order valence-electron chi connectivity index (χ2n) is 7.32. The number of carbonyl (C=O) groups excluding carboxylic acids is 1. The molecule has 1 saturated heterocycles. The van der Waals surface area contributed by atoms with E-state index in [0.717, 1.165) is 27.3 Å². The van der Waals surface area contributed by atoms with E-state index in [0.29, 0.717) is 36.9 Å². The third-order valence-electron chi connectivity index (χ3n) is 5.32. The predicted octanol–water partition coefficient (Wildman–Crippen LogP) is 4.90. The minimum Gasteiger partial charge on any atom is -0.352 e.